The number of hydrogen-bond donors (Lipinski definition) is 2. The molecule has 0 bridgehead atoms. The van der Waals surface area contributed by atoms with Gasteiger partial charge in [0.15, 0.2) is 34.6 Å². The predicted molar refractivity (Wildman–Crippen MR) is 206 cm³/mol. The maximum absolute atomic E-state index is 13.3. The summed E-state index contributed by atoms with van der Waals surface area (Å²) in [6.45, 7) is 3.35. The minimum Gasteiger partial charge on any atom is -0.465 e. The van der Waals surface area contributed by atoms with E-state index < -0.39 is 11.9 Å². The minimum atomic E-state index is -0.642. The Balaban J connectivity index is 1.12. The van der Waals surface area contributed by atoms with Gasteiger partial charge in [0.25, 0.3) is 11.9 Å². The predicted octanol–water partition coefficient (Wildman–Crippen LogP) is 4.65. The van der Waals surface area contributed by atoms with Gasteiger partial charge in [-0.25, -0.2) is 38.9 Å². The smallest absolute Gasteiger partial charge is 0.343 e. The fraction of sp³-hybridized carbons (Fsp3) is 0.314. The molecule has 6 heterocycles. The number of aromatic nitrogens is 12. The third-order valence-electron chi connectivity index (χ3n) is 8.48. The molecule has 0 aromatic carbocycles. The lowest BCUT2D eigenvalue weighted by molar-refractivity contribution is -0.116. The largest absolute Gasteiger partial charge is 0.465 e. The summed E-state index contributed by atoms with van der Waals surface area (Å²) in [4.78, 5) is 68.2. The molecule has 0 radical (unpaired) electrons. The maximum atomic E-state index is 13.3. The highest BCUT2D eigenvalue weighted by Crippen LogP contribution is 2.35. The van der Waals surface area contributed by atoms with Gasteiger partial charge in [0.2, 0.25) is 11.8 Å². The first-order valence-electron chi connectivity index (χ1n) is 17.9. The van der Waals surface area contributed by atoms with E-state index in [0.717, 1.165) is 0 Å². The van der Waals surface area contributed by atoms with Gasteiger partial charge in [0.1, 0.15) is 11.1 Å². The molecule has 2 N–H and O–H groups in total. The highest BCUT2D eigenvalue weighted by molar-refractivity contribution is 5.95. The Morgan fingerprint density at radius 3 is 1.37 bits per heavy atom. The van der Waals surface area contributed by atoms with Crippen molar-refractivity contribution in [2.75, 3.05) is 24.9 Å². The Morgan fingerprint density at radius 1 is 0.610 bits per heavy atom. The number of azo groups is 2. The van der Waals surface area contributed by atoms with Crippen LogP contribution < -0.4 is 10.6 Å². The Kier molecular flexibility index (Phi) is 12.7. The number of methoxy groups -OCH3 is 2. The van der Waals surface area contributed by atoms with Crippen LogP contribution in [0.2, 0.25) is 0 Å². The van der Waals surface area contributed by atoms with Crippen LogP contribution in [0.4, 0.5) is 34.6 Å². The number of carbonyl (C=O) groups is 4. The number of ether oxygens (including phenoxy) is 2. The molecule has 6 rings (SSSR count). The second-order valence-electron chi connectivity index (χ2n) is 12.5. The quantitative estimate of drug-likeness (QED) is 0.0765. The molecule has 0 saturated heterocycles. The Labute approximate surface area is 334 Å². The summed E-state index contributed by atoms with van der Waals surface area (Å²) in [5, 5.41) is 40.0. The van der Waals surface area contributed by atoms with Crippen LogP contribution in [0.15, 0.2) is 69.8 Å². The zero-order valence-electron chi connectivity index (χ0n) is 32.8. The molecule has 24 heteroatoms. The van der Waals surface area contributed by atoms with E-state index in [9.17, 15) is 19.2 Å². The lowest BCUT2D eigenvalue weighted by Gasteiger charge is -2.09. The van der Waals surface area contributed by atoms with Gasteiger partial charge < -0.3 is 20.1 Å². The lowest BCUT2D eigenvalue weighted by Crippen LogP contribution is -2.16. The van der Waals surface area contributed by atoms with E-state index in [-0.39, 0.29) is 82.3 Å². The summed E-state index contributed by atoms with van der Waals surface area (Å²) < 4.78 is 15.1. The molecule has 0 atom stereocenters. The Hall–Kier alpha value is -7.92. The number of nitrogens with one attached hydrogen (secondary N) is 2. The van der Waals surface area contributed by atoms with Crippen LogP contribution in [-0.2, 0) is 33.2 Å². The third-order valence-corrected chi connectivity index (χ3v) is 8.48. The van der Waals surface area contributed by atoms with Gasteiger partial charge in [0.05, 0.1) is 38.0 Å². The van der Waals surface area contributed by atoms with Crippen LogP contribution in [0.1, 0.15) is 64.2 Å². The molecule has 6 aromatic heterocycles. The molecule has 0 aliphatic rings. The van der Waals surface area contributed by atoms with Crippen molar-refractivity contribution in [1.29, 1.82) is 0 Å². The van der Waals surface area contributed by atoms with Crippen molar-refractivity contribution in [2.45, 2.75) is 46.0 Å². The first kappa shape index (κ1) is 40.7. The number of hydrogen-bond acceptors (Lipinski definition) is 18. The van der Waals surface area contributed by atoms with E-state index in [1.54, 1.807) is 40.1 Å². The van der Waals surface area contributed by atoms with Crippen molar-refractivity contribution in [3.05, 3.63) is 71.8 Å². The fourth-order valence-corrected chi connectivity index (χ4v) is 5.53. The molecular formula is C35H38N18O6. The molecule has 304 valence electrons. The van der Waals surface area contributed by atoms with Gasteiger partial charge in [-0.15, -0.1) is 20.5 Å². The molecule has 59 heavy (non-hydrogen) atoms. The topological polar surface area (TPSA) is 283 Å². The number of nitrogens with zero attached hydrogens (tertiary/aromatic N) is 16. The zero-order chi connectivity index (χ0) is 42.1. The maximum Gasteiger partial charge on any atom is 0.343 e. The highest BCUT2D eigenvalue weighted by Gasteiger charge is 2.24. The second kappa shape index (κ2) is 18.4. The van der Waals surface area contributed by atoms with Crippen LogP contribution in [0.25, 0.3) is 11.9 Å². The molecule has 0 spiro atoms. The van der Waals surface area contributed by atoms with Crippen LogP contribution in [0.5, 0.6) is 0 Å². The molecule has 0 saturated carbocycles. The van der Waals surface area contributed by atoms with Crippen LogP contribution in [0.3, 0.4) is 0 Å². The van der Waals surface area contributed by atoms with Gasteiger partial charge in [-0.2, -0.15) is 29.8 Å². The SMILES string of the molecule is COC(=O)c1cnn(C)c1/N=N/c1c(C)nn(-c2ncccn2)c1NC(=O)CCCCCC(=O)Nc1c(/N=N/c2c(C(=O)OC)cnn2C)c(C)nn1-c1ncccn1. The fourth-order valence-electron chi connectivity index (χ4n) is 5.53. The molecule has 0 aliphatic heterocycles. The molecule has 24 nitrogen and oxygen atoms in total. The Morgan fingerprint density at radius 2 is 1.00 bits per heavy atom. The number of carbonyl (C=O) groups excluding carboxylic acids is 4. The van der Waals surface area contributed by atoms with Crippen molar-refractivity contribution < 1.29 is 28.7 Å². The van der Waals surface area contributed by atoms with Crippen molar-refractivity contribution in [3.63, 3.8) is 0 Å². The molecule has 0 aliphatic carbocycles. The zero-order valence-corrected chi connectivity index (χ0v) is 32.8. The highest BCUT2D eigenvalue weighted by atomic mass is 16.5. The van der Waals surface area contributed by atoms with Gasteiger partial charge in [-0.05, 0) is 38.8 Å². The van der Waals surface area contributed by atoms with E-state index in [0.29, 0.717) is 30.7 Å². The number of aryl methyl sites for hydroxylation is 4. The summed E-state index contributed by atoms with van der Waals surface area (Å²) >= 11 is 0. The molecule has 0 fully saturated rings. The standard InChI is InChI=1S/C35H38N18O6/c1-20-26(44-46-28-22(32(56)58-5)18-40-50(28)3)30(52(48-20)34-36-14-10-15-37-34)42-24(54)12-8-7-9-13-25(55)43-31-27(21(2)49-53(31)35-38-16-11-17-39-35)45-47-29-23(33(57)59-6)19-41-51(29)4/h10-11,14-19H,7-9,12-13H2,1-6H3,(H,42,54)(H,43,55)/b46-44+,47-45+. The summed E-state index contributed by atoms with van der Waals surface area (Å²) in [7, 11) is 5.67. The molecular weight excluding hydrogens is 769 g/mol. The summed E-state index contributed by atoms with van der Waals surface area (Å²) in [6.07, 6.45) is 10.3. The van der Waals surface area contributed by atoms with Crippen molar-refractivity contribution in [3.8, 4) is 11.9 Å². The summed E-state index contributed by atoms with van der Waals surface area (Å²) in [6, 6.07) is 3.28. The third kappa shape index (κ3) is 9.22. The van der Waals surface area contributed by atoms with E-state index in [2.05, 4.69) is 71.4 Å². The van der Waals surface area contributed by atoms with Gasteiger partial charge in [-0.1, -0.05) is 6.42 Å². The number of unbranched alkanes of at least 4 members (excludes halogenated alkanes) is 2. The van der Waals surface area contributed by atoms with Crippen LogP contribution in [-0.4, -0.2) is 97.0 Å². The number of amides is 2. The van der Waals surface area contributed by atoms with E-state index >= 15 is 0 Å². The number of esters is 2. The number of rotatable bonds is 16. The first-order chi connectivity index (χ1) is 28.5. The Bertz CT molecular complexity index is 2360. The monoisotopic (exact) mass is 806 g/mol. The van der Waals surface area contributed by atoms with Crippen molar-refractivity contribution in [1.82, 2.24) is 59.1 Å². The first-order valence-corrected chi connectivity index (χ1v) is 17.9. The summed E-state index contributed by atoms with van der Waals surface area (Å²) in [5.41, 5.74) is 1.40. The van der Waals surface area contributed by atoms with Gasteiger partial charge in [-0.3, -0.25) is 9.59 Å². The van der Waals surface area contributed by atoms with E-state index in [1.807, 2.05) is 0 Å². The number of anilines is 2. The van der Waals surface area contributed by atoms with Gasteiger partial charge >= 0.3 is 11.9 Å². The minimum absolute atomic E-state index is 0.0930. The average Bonchev–Trinajstić information content (AvgIpc) is 3.98. The van der Waals surface area contributed by atoms with Crippen molar-refractivity contribution >= 4 is 58.4 Å². The van der Waals surface area contributed by atoms with Gasteiger partial charge in [0, 0.05) is 51.7 Å². The van der Waals surface area contributed by atoms with E-state index in [4.69, 9.17) is 9.47 Å². The molecule has 2 amide bonds. The molecule has 6 aromatic rings. The van der Waals surface area contributed by atoms with Crippen molar-refractivity contribution in [2.24, 2.45) is 34.6 Å². The van der Waals surface area contributed by atoms with E-state index in [1.165, 1.54) is 70.1 Å². The lowest BCUT2D eigenvalue weighted by atomic mass is 10.1. The molecule has 0 unspecified atom stereocenters. The average molecular weight is 807 g/mol. The van der Waals surface area contributed by atoms with Crippen LogP contribution in [0, 0.1) is 13.8 Å². The van der Waals surface area contributed by atoms with Crippen LogP contribution >= 0.6 is 0 Å². The normalized spacial score (nSPS) is 11.4. The second-order valence-corrected chi connectivity index (χ2v) is 12.5. The summed E-state index contributed by atoms with van der Waals surface area (Å²) in [5.74, 6) is -1.06.